The van der Waals surface area contributed by atoms with Crippen LogP contribution >= 0.6 is 0 Å². The topological polar surface area (TPSA) is 93.7 Å². The standard InChI is InChI=1S/C34H34N2O5/c1-40-33(39)31-30(32(38)35-21-11-18-27(37)22-24-12-5-2-6-13-24)28-19-20-34(31,41-28)29(23-25-14-7-3-8-15-25)36-26-16-9-4-10-17-26/h2-10,12-17,19-20,28-29,36H,11,18,21-23H2,1H3,(H,35,38). The van der Waals surface area contributed by atoms with Crippen LogP contribution in [0.1, 0.15) is 24.0 Å². The molecule has 5 rings (SSSR count). The third kappa shape index (κ3) is 6.31. The number of hydrogen-bond acceptors (Lipinski definition) is 6. The molecule has 0 saturated heterocycles. The van der Waals surface area contributed by atoms with Crippen LogP contribution < -0.4 is 10.6 Å². The van der Waals surface area contributed by atoms with Crippen molar-refractivity contribution < 1.29 is 23.9 Å². The molecular formula is C34H34N2O5. The quantitative estimate of drug-likeness (QED) is 0.184. The first-order chi connectivity index (χ1) is 20.0. The van der Waals surface area contributed by atoms with Crippen molar-refractivity contribution in [2.75, 3.05) is 19.0 Å². The van der Waals surface area contributed by atoms with Crippen LogP contribution in [0.15, 0.2) is 114 Å². The summed E-state index contributed by atoms with van der Waals surface area (Å²) in [4.78, 5) is 39.2. The van der Waals surface area contributed by atoms with Crippen LogP contribution in [0.5, 0.6) is 0 Å². The average Bonchev–Trinajstić information content (AvgIpc) is 3.59. The summed E-state index contributed by atoms with van der Waals surface area (Å²) in [6.07, 6.45) is 4.76. The lowest BCUT2D eigenvalue weighted by Gasteiger charge is -2.36. The molecule has 2 N–H and O–H groups in total. The van der Waals surface area contributed by atoms with Gasteiger partial charge in [0.05, 0.1) is 24.3 Å². The van der Waals surface area contributed by atoms with E-state index in [9.17, 15) is 14.4 Å². The van der Waals surface area contributed by atoms with Gasteiger partial charge in [0.15, 0.2) is 0 Å². The van der Waals surface area contributed by atoms with Crippen LogP contribution in [0.4, 0.5) is 5.69 Å². The molecule has 0 fully saturated rings. The zero-order chi connectivity index (χ0) is 28.7. The summed E-state index contributed by atoms with van der Waals surface area (Å²) in [6.45, 7) is 0.302. The van der Waals surface area contributed by atoms with Crippen molar-refractivity contribution >= 4 is 23.3 Å². The second-order valence-electron chi connectivity index (χ2n) is 10.3. The van der Waals surface area contributed by atoms with Gasteiger partial charge in [0.25, 0.3) is 5.91 Å². The van der Waals surface area contributed by atoms with E-state index in [0.29, 0.717) is 32.2 Å². The van der Waals surface area contributed by atoms with Gasteiger partial charge in [-0.3, -0.25) is 9.59 Å². The minimum atomic E-state index is -1.21. The lowest BCUT2D eigenvalue weighted by Crippen LogP contribution is -2.49. The molecule has 7 nitrogen and oxygen atoms in total. The fourth-order valence-electron chi connectivity index (χ4n) is 5.55. The van der Waals surface area contributed by atoms with Gasteiger partial charge < -0.3 is 20.1 Å². The Kier molecular flexibility index (Phi) is 8.75. The Balaban J connectivity index is 1.35. The number of carbonyl (C=O) groups is 3. The number of fused-ring (bicyclic) bond motifs is 2. The Morgan fingerprint density at radius 2 is 1.54 bits per heavy atom. The van der Waals surface area contributed by atoms with Crippen LogP contribution in [-0.2, 0) is 36.7 Å². The van der Waals surface area contributed by atoms with Gasteiger partial charge in [0.1, 0.15) is 17.5 Å². The van der Waals surface area contributed by atoms with E-state index in [2.05, 4.69) is 10.6 Å². The molecule has 41 heavy (non-hydrogen) atoms. The first-order valence-corrected chi connectivity index (χ1v) is 13.9. The zero-order valence-electron chi connectivity index (χ0n) is 23.0. The Hall–Kier alpha value is -4.49. The summed E-state index contributed by atoms with van der Waals surface area (Å²) >= 11 is 0. The van der Waals surface area contributed by atoms with Crippen LogP contribution in [-0.4, -0.2) is 49.1 Å². The number of methoxy groups -OCH3 is 1. The van der Waals surface area contributed by atoms with Crippen molar-refractivity contribution in [1.29, 1.82) is 0 Å². The highest BCUT2D eigenvalue weighted by Gasteiger charge is 2.58. The molecule has 0 saturated carbocycles. The third-order valence-corrected chi connectivity index (χ3v) is 7.50. The Labute approximate surface area is 240 Å². The molecule has 1 amide bonds. The Morgan fingerprint density at radius 1 is 0.902 bits per heavy atom. The van der Waals surface area contributed by atoms with E-state index >= 15 is 0 Å². The van der Waals surface area contributed by atoms with Gasteiger partial charge in [0.2, 0.25) is 0 Å². The molecule has 210 valence electrons. The van der Waals surface area contributed by atoms with Crippen molar-refractivity contribution in [3.05, 3.63) is 125 Å². The van der Waals surface area contributed by atoms with E-state index in [-0.39, 0.29) is 16.9 Å². The minimum absolute atomic E-state index is 0.112. The molecule has 0 spiro atoms. The second-order valence-corrected chi connectivity index (χ2v) is 10.3. The van der Waals surface area contributed by atoms with Crippen molar-refractivity contribution in [3.8, 4) is 0 Å². The number of Topliss-reactive ketones (excluding diaryl/α,β-unsaturated/α-hetero) is 1. The highest BCUT2D eigenvalue weighted by Crippen LogP contribution is 2.47. The summed E-state index contributed by atoms with van der Waals surface area (Å²) in [5.74, 6) is -0.885. The first kappa shape index (κ1) is 28.1. The second kappa shape index (κ2) is 12.8. The Morgan fingerprint density at radius 3 is 2.20 bits per heavy atom. The maximum atomic E-state index is 13.5. The lowest BCUT2D eigenvalue weighted by atomic mass is 9.78. The first-order valence-electron chi connectivity index (χ1n) is 13.9. The van der Waals surface area contributed by atoms with Crippen LogP contribution in [0.2, 0.25) is 0 Å². The fourth-order valence-corrected chi connectivity index (χ4v) is 5.55. The number of anilines is 1. The van der Waals surface area contributed by atoms with Gasteiger partial charge in [-0.25, -0.2) is 4.79 Å². The molecule has 2 aliphatic rings. The van der Waals surface area contributed by atoms with Crippen molar-refractivity contribution in [2.24, 2.45) is 0 Å². The van der Waals surface area contributed by atoms with Gasteiger partial charge >= 0.3 is 5.97 Å². The lowest BCUT2D eigenvalue weighted by molar-refractivity contribution is -0.138. The van der Waals surface area contributed by atoms with Crippen molar-refractivity contribution in [2.45, 2.75) is 43.4 Å². The zero-order valence-corrected chi connectivity index (χ0v) is 23.0. The van der Waals surface area contributed by atoms with Gasteiger partial charge in [-0.15, -0.1) is 0 Å². The van der Waals surface area contributed by atoms with E-state index < -0.39 is 29.6 Å². The number of benzene rings is 3. The van der Waals surface area contributed by atoms with Crippen molar-refractivity contribution in [3.63, 3.8) is 0 Å². The van der Waals surface area contributed by atoms with Gasteiger partial charge in [0, 0.05) is 25.1 Å². The maximum Gasteiger partial charge on any atom is 0.337 e. The molecule has 0 aliphatic carbocycles. The van der Waals surface area contributed by atoms with Crippen LogP contribution in [0.3, 0.4) is 0 Å². The predicted octanol–water partition coefficient (Wildman–Crippen LogP) is 4.60. The van der Waals surface area contributed by atoms with Gasteiger partial charge in [-0.1, -0.05) is 84.9 Å². The molecular weight excluding hydrogens is 516 g/mol. The fraction of sp³-hybridized carbons (Fsp3) is 0.265. The molecule has 3 aromatic carbocycles. The SMILES string of the molecule is COC(=O)C1=C(C(=O)NCCCC(=O)Cc2ccccc2)C2C=CC1(C(Cc1ccccc1)Nc1ccccc1)O2. The maximum absolute atomic E-state index is 13.5. The number of ketones is 1. The number of ether oxygens (including phenoxy) is 2. The number of nitrogens with one attached hydrogen (secondary N) is 2. The largest absolute Gasteiger partial charge is 0.466 e. The summed E-state index contributed by atoms with van der Waals surface area (Å²) in [7, 11) is 1.31. The molecule has 3 unspecified atom stereocenters. The highest BCUT2D eigenvalue weighted by atomic mass is 16.5. The van der Waals surface area contributed by atoms with E-state index in [1.54, 1.807) is 0 Å². The molecule has 0 aromatic heterocycles. The molecule has 2 heterocycles. The number of rotatable bonds is 13. The number of para-hydroxylation sites is 1. The number of carbonyl (C=O) groups excluding carboxylic acids is 3. The Bertz CT molecular complexity index is 1390. The summed E-state index contributed by atoms with van der Waals surface area (Å²) in [5.41, 5.74) is 2.14. The molecule has 2 aliphatic heterocycles. The van der Waals surface area contributed by atoms with E-state index in [1.807, 2.05) is 103 Å². The number of esters is 1. The van der Waals surface area contributed by atoms with Crippen molar-refractivity contribution in [1.82, 2.24) is 5.32 Å². The average molecular weight is 551 g/mol. The summed E-state index contributed by atoms with van der Waals surface area (Å²) in [5, 5.41) is 6.46. The van der Waals surface area contributed by atoms with E-state index in [1.165, 1.54) is 7.11 Å². The third-order valence-electron chi connectivity index (χ3n) is 7.50. The minimum Gasteiger partial charge on any atom is -0.466 e. The highest BCUT2D eigenvalue weighted by molar-refractivity contribution is 6.07. The molecule has 0 radical (unpaired) electrons. The van der Waals surface area contributed by atoms with Crippen LogP contribution in [0, 0.1) is 0 Å². The van der Waals surface area contributed by atoms with Gasteiger partial charge in [-0.05, 0) is 42.2 Å². The van der Waals surface area contributed by atoms with Gasteiger partial charge in [-0.2, -0.15) is 0 Å². The van der Waals surface area contributed by atoms with Crippen LogP contribution in [0.25, 0.3) is 0 Å². The number of amides is 1. The monoisotopic (exact) mass is 550 g/mol. The predicted molar refractivity (Wildman–Crippen MR) is 157 cm³/mol. The van der Waals surface area contributed by atoms with E-state index in [4.69, 9.17) is 9.47 Å². The van der Waals surface area contributed by atoms with E-state index in [0.717, 1.165) is 16.8 Å². The molecule has 3 atom stereocenters. The smallest absolute Gasteiger partial charge is 0.337 e. The summed E-state index contributed by atoms with van der Waals surface area (Å²) in [6, 6.07) is 28.8. The summed E-state index contributed by atoms with van der Waals surface area (Å²) < 4.78 is 11.7. The molecule has 2 bridgehead atoms. The number of hydrogen-bond donors (Lipinski definition) is 2. The molecule has 7 heteroatoms. The normalized spacial score (nSPS) is 19.6. The molecule has 3 aromatic rings.